The molecule has 142 valence electrons. The van der Waals surface area contributed by atoms with Gasteiger partial charge in [-0.3, -0.25) is 14.4 Å². The van der Waals surface area contributed by atoms with Crippen LogP contribution < -0.4 is 5.73 Å². The Morgan fingerprint density at radius 1 is 1.35 bits per heavy atom. The SMILES string of the molecule is CC(C)(C)OC(=O)CC[C@@H](C(N)=O)N1Cc2c(Br)cc(Br)c(O)c2C1=O. The lowest BCUT2D eigenvalue weighted by Crippen LogP contribution is -2.45. The third kappa shape index (κ3) is 4.37. The summed E-state index contributed by atoms with van der Waals surface area (Å²) in [5.41, 5.74) is 5.52. The van der Waals surface area contributed by atoms with Gasteiger partial charge < -0.3 is 20.5 Å². The Hall–Kier alpha value is -1.61. The van der Waals surface area contributed by atoms with Gasteiger partial charge in [0.15, 0.2) is 0 Å². The van der Waals surface area contributed by atoms with Crippen molar-refractivity contribution in [3.05, 3.63) is 26.1 Å². The van der Waals surface area contributed by atoms with Gasteiger partial charge in [0.2, 0.25) is 5.91 Å². The minimum atomic E-state index is -0.979. The first-order chi connectivity index (χ1) is 11.9. The van der Waals surface area contributed by atoms with Crippen LogP contribution in [0.15, 0.2) is 15.0 Å². The van der Waals surface area contributed by atoms with Crippen molar-refractivity contribution in [3.63, 3.8) is 0 Å². The molecule has 0 aliphatic carbocycles. The van der Waals surface area contributed by atoms with Crippen LogP contribution in [-0.4, -0.2) is 39.4 Å². The number of nitrogens with zero attached hydrogens (tertiary/aromatic N) is 1. The van der Waals surface area contributed by atoms with E-state index in [0.717, 1.165) is 0 Å². The number of carbonyl (C=O) groups excluding carboxylic acids is 3. The zero-order chi connectivity index (χ0) is 19.8. The van der Waals surface area contributed by atoms with Crippen LogP contribution in [0, 0.1) is 0 Å². The van der Waals surface area contributed by atoms with E-state index in [4.69, 9.17) is 10.5 Å². The Bertz CT molecular complexity index is 773. The third-order valence-electron chi connectivity index (χ3n) is 3.86. The van der Waals surface area contributed by atoms with Crippen molar-refractivity contribution < 1.29 is 24.2 Å². The molecule has 7 nitrogen and oxygen atoms in total. The number of benzene rings is 1. The molecular formula is C17H20Br2N2O5. The van der Waals surface area contributed by atoms with Gasteiger partial charge in [0.1, 0.15) is 17.4 Å². The molecule has 0 radical (unpaired) electrons. The second-order valence-corrected chi connectivity index (χ2v) is 8.73. The van der Waals surface area contributed by atoms with Crippen LogP contribution in [0.2, 0.25) is 0 Å². The average Bonchev–Trinajstić information content (AvgIpc) is 2.81. The third-order valence-corrected chi connectivity index (χ3v) is 5.17. The molecule has 0 bridgehead atoms. The summed E-state index contributed by atoms with van der Waals surface area (Å²) < 4.78 is 6.22. The molecule has 2 amide bonds. The van der Waals surface area contributed by atoms with E-state index in [2.05, 4.69) is 31.9 Å². The molecule has 1 aromatic rings. The van der Waals surface area contributed by atoms with E-state index < -0.39 is 29.4 Å². The molecule has 0 fully saturated rings. The number of rotatable bonds is 5. The quantitative estimate of drug-likeness (QED) is 0.615. The molecule has 3 N–H and O–H groups in total. The van der Waals surface area contributed by atoms with Crippen LogP contribution >= 0.6 is 31.9 Å². The fourth-order valence-corrected chi connectivity index (χ4v) is 4.06. The van der Waals surface area contributed by atoms with Crippen LogP contribution in [0.5, 0.6) is 5.75 Å². The molecule has 1 aliphatic heterocycles. The monoisotopic (exact) mass is 490 g/mol. The fraction of sp³-hybridized carbons (Fsp3) is 0.471. The lowest BCUT2D eigenvalue weighted by molar-refractivity contribution is -0.155. The molecule has 26 heavy (non-hydrogen) atoms. The zero-order valence-corrected chi connectivity index (χ0v) is 17.8. The summed E-state index contributed by atoms with van der Waals surface area (Å²) >= 11 is 6.55. The molecule has 0 saturated carbocycles. The number of primary amides is 1. The maximum Gasteiger partial charge on any atom is 0.306 e. The highest BCUT2D eigenvalue weighted by Crippen LogP contribution is 2.41. The van der Waals surface area contributed by atoms with Crippen molar-refractivity contribution >= 4 is 49.6 Å². The van der Waals surface area contributed by atoms with Gasteiger partial charge >= 0.3 is 5.97 Å². The lowest BCUT2D eigenvalue weighted by atomic mass is 10.1. The average molecular weight is 492 g/mol. The molecule has 0 aromatic heterocycles. The highest BCUT2D eigenvalue weighted by atomic mass is 79.9. The minimum Gasteiger partial charge on any atom is -0.506 e. The van der Waals surface area contributed by atoms with E-state index in [1.807, 2.05) is 0 Å². The molecular weight excluding hydrogens is 472 g/mol. The minimum absolute atomic E-state index is 0.0452. The van der Waals surface area contributed by atoms with Crippen molar-refractivity contribution in [3.8, 4) is 5.75 Å². The molecule has 0 saturated heterocycles. The van der Waals surface area contributed by atoms with Gasteiger partial charge in [-0.2, -0.15) is 0 Å². The second-order valence-electron chi connectivity index (χ2n) is 7.02. The number of fused-ring (bicyclic) bond motifs is 1. The number of hydrogen-bond acceptors (Lipinski definition) is 5. The number of carbonyl (C=O) groups is 3. The number of phenolic OH excluding ortho intramolecular Hbond substituents is 1. The van der Waals surface area contributed by atoms with E-state index in [1.54, 1.807) is 26.8 Å². The molecule has 1 heterocycles. The summed E-state index contributed by atoms with van der Waals surface area (Å²) in [6.07, 6.45) is -0.00856. The first kappa shape index (κ1) is 20.7. The largest absolute Gasteiger partial charge is 0.506 e. The number of halogens is 2. The predicted molar refractivity (Wildman–Crippen MR) is 101 cm³/mol. The van der Waals surface area contributed by atoms with Crippen molar-refractivity contribution in [2.24, 2.45) is 5.73 Å². The summed E-state index contributed by atoms with van der Waals surface area (Å²) in [5.74, 6) is -1.89. The van der Waals surface area contributed by atoms with E-state index in [1.165, 1.54) is 4.90 Å². The summed E-state index contributed by atoms with van der Waals surface area (Å²) in [4.78, 5) is 37.8. The number of hydrogen-bond donors (Lipinski definition) is 2. The Morgan fingerprint density at radius 3 is 2.50 bits per heavy atom. The molecule has 1 aromatic carbocycles. The topological polar surface area (TPSA) is 110 Å². The number of phenols is 1. The fourth-order valence-electron chi connectivity index (χ4n) is 2.77. The Morgan fingerprint density at radius 2 is 1.96 bits per heavy atom. The first-order valence-corrected chi connectivity index (χ1v) is 9.53. The van der Waals surface area contributed by atoms with Crippen molar-refractivity contribution in [1.82, 2.24) is 4.90 Å². The first-order valence-electron chi connectivity index (χ1n) is 7.94. The van der Waals surface area contributed by atoms with Crippen molar-refractivity contribution in [2.45, 2.75) is 51.8 Å². The summed E-state index contributed by atoms with van der Waals surface area (Å²) in [5, 5.41) is 10.2. The Labute approximate surface area is 168 Å². The molecule has 9 heteroatoms. The normalized spacial score (nSPS) is 15.0. The molecule has 2 rings (SSSR count). The smallest absolute Gasteiger partial charge is 0.306 e. The molecule has 1 aliphatic rings. The summed E-state index contributed by atoms with van der Waals surface area (Å²) in [6, 6.07) is 0.651. The number of esters is 1. The van der Waals surface area contributed by atoms with E-state index in [0.29, 0.717) is 14.5 Å². The Kier molecular flexibility index (Phi) is 6.02. The summed E-state index contributed by atoms with van der Waals surface area (Å²) in [7, 11) is 0. The van der Waals surface area contributed by atoms with Crippen molar-refractivity contribution in [2.75, 3.05) is 0 Å². The van der Waals surface area contributed by atoms with Crippen molar-refractivity contribution in [1.29, 1.82) is 0 Å². The van der Waals surface area contributed by atoms with E-state index >= 15 is 0 Å². The van der Waals surface area contributed by atoms with Gasteiger partial charge in [-0.05, 0) is 49.2 Å². The summed E-state index contributed by atoms with van der Waals surface area (Å²) in [6.45, 7) is 5.34. The van der Waals surface area contributed by atoms with Crippen LogP contribution in [0.1, 0.15) is 49.5 Å². The van der Waals surface area contributed by atoms with Gasteiger partial charge in [0, 0.05) is 23.0 Å². The highest BCUT2D eigenvalue weighted by molar-refractivity contribution is 9.11. The number of ether oxygens (including phenoxy) is 1. The predicted octanol–water partition coefficient (Wildman–Crippen LogP) is 2.85. The van der Waals surface area contributed by atoms with Gasteiger partial charge in [-0.15, -0.1) is 0 Å². The van der Waals surface area contributed by atoms with Crippen LogP contribution in [0.3, 0.4) is 0 Å². The maximum atomic E-state index is 12.7. The molecule has 0 spiro atoms. The zero-order valence-electron chi connectivity index (χ0n) is 14.6. The molecule has 0 unspecified atom stereocenters. The Balaban J connectivity index is 2.21. The van der Waals surface area contributed by atoms with Gasteiger partial charge in [-0.1, -0.05) is 15.9 Å². The molecule has 1 atom stereocenters. The number of aromatic hydroxyl groups is 1. The standard InChI is InChI=1S/C17H20Br2N2O5/c1-17(2,3)26-12(22)5-4-11(15(20)24)21-7-8-9(18)6-10(19)14(23)13(8)16(21)25/h6,11,23H,4-5,7H2,1-3H3,(H2,20,24)/t11-/m0/s1. The van der Waals surface area contributed by atoms with Gasteiger partial charge in [-0.25, -0.2) is 0 Å². The van der Waals surface area contributed by atoms with Gasteiger partial charge in [0.25, 0.3) is 5.91 Å². The second kappa shape index (κ2) is 7.56. The van der Waals surface area contributed by atoms with Crippen LogP contribution in [0.4, 0.5) is 0 Å². The maximum absolute atomic E-state index is 12.7. The highest BCUT2D eigenvalue weighted by Gasteiger charge is 2.39. The van der Waals surface area contributed by atoms with Crippen LogP contribution in [0.25, 0.3) is 0 Å². The van der Waals surface area contributed by atoms with E-state index in [-0.39, 0.29) is 30.7 Å². The lowest BCUT2D eigenvalue weighted by Gasteiger charge is -2.25. The van der Waals surface area contributed by atoms with Crippen LogP contribution in [-0.2, 0) is 20.9 Å². The van der Waals surface area contributed by atoms with Gasteiger partial charge in [0.05, 0.1) is 10.0 Å². The van der Waals surface area contributed by atoms with E-state index in [9.17, 15) is 19.5 Å². The number of nitrogens with two attached hydrogens (primary N) is 1. The number of amides is 2.